The number of aliphatic imine (C=N–C) groups is 1. The zero-order chi connectivity index (χ0) is 19.6. The van der Waals surface area contributed by atoms with E-state index in [9.17, 15) is 0 Å². The maximum Gasteiger partial charge on any atom is 0.191 e. The van der Waals surface area contributed by atoms with Gasteiger partial charge in [0.15, 0.2) is 11.8 Å². The van der Waals surface area contributed by atoms with E-state index in [1.165, 1.54) is 0 Å². The second-order valence-corrected chi connectivity index (χ2v) is 8.45. The van der Waals surface area contributed by atoms with E-state index in [4.69, 9.17) is 9.73 Å². The lowest BCUT2D eigenvalue weighted by molar-refractivity contribution is -0.0152. The molecule has 0 aliphatic heterocycles. The molecule has 1 aromatic heterocycles. The summed E-state index contributed by atoms with van der Waals surface area (Å²) in [5, 5.41) is 15.4. The van der Waals surface area contributed by atoms with Gasteiger partial charge in [-0.3, -0.25) is 0 Å². The molecule has 0 saturated heterocycles. The summed E-state index contributed by atoms with van der Waals surface area (Å²) in [5.41, 5.74) is 0. The molecule has 1 aliphatic carbocycles. The maximum atomic E-state index is 5.96. The summed E-state index contributed by atoms with van der Waals surface area (Å²) < 4.78 is 7.95. The number of aryl methyl sites for hydroxylation is 1. The molecule has 0 bridgehead atoms. The third-order valence-electron chi connectivity index (χ3n) is 4.86. The van der Waals surface area contributed by atoms with Crippen molar-refractivity contribution in [1.82, 2.24) is 25.4 Å². The van der Waals surface area contributed by atoms with Gasteiger partial charge in [-0.2, -0.15) is 11.8 Å². The summed E-state index contributed by atoms with van der Waals surface area (Å²) in [6.07, 6.45) is 8.43. The zero-order valence-electron chi connectivity index (χ0n) is 17.9. The van der Waals surface area contributed by atoms with Crippen molar-refractivity contribution in [2.24, 2.45) is 12.0 Å². The fourth-order valence-corrected chi connectivity index (χ4v) is 3.67. The Labute approximate surface area is 191 Å². The molecule has 0 radical (unpaired) electrons. The van der Waals surface area contributed by atoms with Gasteiger partial charge in [-0.25, -0.2) is 4.99 Å². The van der Waals surface area contributed by atoms with Gasteiger partial charge in [-0.1, -0.05) is 0 Å². The summed E-state index contributed by atoms with van der Waals surface area (Å²) in [6, 6.07) is 0.449. The molecule has 7 nitrogen and oxygen atoms in total. The Bertz CT molecular complexity index is 587. The third kappa shape index (κ3) is 8.86. The number of guanidine groups is 1. The first-order valence-corrected chi connectivity index (χ1v) is 11.4. The first kappa shape index (κ1) is 25.5. The number of halogens is 1. The van der Waals surface area contributed by atoms with Crippen molar-refractivity contribution < 1.29 is 4.74 Å². The fourth-order valence-electron chi connectivity index (χ4n) is 3.24. The molecule has 1 fully saturated rings. The van der Waals surface area contributed by atoms with Crippen LogP contribution in [0.4, 0.5) is 0 Å². The number of nitrogens with one attached hydrogen (secondary N) is 2. The normalized spacial score (nSPS) is 20.1. The molecule has 0 amide bonds. The molecule has 1 aliphatic rings. The van der Waals surface area contributed by atoms with Crippen molar-refractivity contribution in [3.63, 3.8) is 0 Å². The van der Waals surface area contributed by atoms with Gasteiger partial charge in [-0.05, 0) is 64.9 Å². The highest BCUT2D eigenvalue weighted by Crippen LogP contribution is 2.22. The quantitative estimate of drug-likeness (QED) is 0.224. The molecule has 1 aromatic rings. The van der Waals surface area contributed by atoms with Crippen molar-refractivity contribution >= 4 is 41.7 Å². The average Bonchev–Trinajstić information content (AvgIpc) is 2.96. The summed E-state index contributed by atoms with van der Waals surface area (Å²) >= 11 is 1.87. The van der Waals surface area contributed by atoms with Gasteiger partial charge in [0.2, 0.25) is 0 Å². The standard InChI is InChI=1S/C19H36N6OS.HI/c1-14(2)26-17-9-7-16(8-10-17)22-19(20-11-6-12-27-5)21-13-18-24-23-15(3)25(18)4;/h14,16-17H,6-13H2,1-5H3,(H2,20,21,22);1H. The Balaban J connectivity index is 0.00000392. The summed E-state index contributed by atoms with van der Waals surface area (Å²) in [4.78, 5) is 4.76. The van der Waals surface area contributed by atoms with Crippen molar-refractivity contribution in [3.8, 4) is 0 Å². The van der Waals surface area contributed by atoms with Crippen LogP contribution in [0.15, 0.2) is 4.99 Å². The number of hydrogen-bond acceptors (Lipinski definition) is 5. The Hall–Kier alpha value is -0.550. The molecule has 2 N–H and O–H groups in total. The Kier molecular flexibility index (Phi) is 12.4. The first-order valence-electron chi connectivity index (χ1n) is 10.0. The summed E-state index contributed by atoms with van der Waals surface area (Å²) in [6.45, 7) is 7.64. The topological polar surface area (TPSA) is 76.4 Å². The Morgan fingerprint density at radius 3 is 2.57 bits per heavy atom. The van der Waals surface area contributed by atoms with Crippen molar-refractivity contribution in [3.05, 3.63) is 11.6 Å². The molecular formula is C19H37IN6OS. The van der Waals surface area contributed by atoms with E-state index in [0.29, 0.717) is 24.8 Å². The van der Waals surface area contributed by atoms with Gasteiger partial charge in [0, 0.05) is 19.6 Å². The highest BCUT2D eigenvalue weighted by atomic mass is 127. The first-order chi connectivity index (χ1) is 13.0. The molecule has 0 atom stereocenters. The molecule has 0 aromatic carbocycles. The van der Waals surface area contributed by atoms with E-state index in [2.05, 4.69) is 40.9 Å². The predicted octanol–water partition coefficient (Wildman–Crippen LogP) is 3.27. The smallest absolute Gasteiger partial charge is 0.191 e. The van der Waals surface area contributed by atoms with Crippen molar-refractivity contribution in [1.29, 1.82) is 0 Å². The highest BCUT2D eigenvalue weighted by molar-refractivity contribution is 14.0. The third-order valence-corrected chi connectivity index (χ3v) is 5.56. The molecule has 9 heteroatoms. The van der Waals surface area contributed by atoms with E-state index in [1.807, 2.05) is 30.3 Å². The molecule has 2 rings (SSSR count). The Morgan fingerprint density at radius 2 is 2.00 bits per heavy atom. The number of ether oxygens (including phenoxy) is 1. The van der Waals surface area contributed by atoms with Crippen molar-refractivity contribution in [2.75, 3.05) is 18.6 Å². The minimum Gasteiger partial charge on any atom is -0.376 e. The lowest BCUT2D eigenvalue weighted by atomic mass is 9.93. The Morgan fingerprint density at radius 1 is 1.29 bits per heavy atom. The van der Waals surface area contributed by atoms with Crippen LogP contribution >= 0.6 is 35.7 Å². The maximum absolute atomic E-state index is 5.96. The van der Waals surface area contributed by atoms with Gasteiger partial charge < -0.3 is 19.9 Å². The number of nitrogens with zero attached hydrogens (tertiary/aromatic N) is 4. The lowest BCUT2D eigenvalue weighted by Gasteiger charge is -2.31. The number of rotatable bonds is 9. The average molecular weight is 525 g/mol. The number of thioether (sulfide) groups is 1. The van der Waals surface area contributed by atoms with Gasteiger partial charge in [-0.15, -0.1) is 34.2 Å². The monoisotopic (exact) mass is 524 g/mol. The second-order valence-electron chi connectivity index (χ2n) is 7.46. The van der Waals surface area contributed by atoms with Gasteiger partial charge >= 0.3 is 0 Å². The molecule has 28 heavy (non-hydrogen) atoms. The molecule has 1 heterocycles. The molecule has 1 saturated carbocycles. The second kappa shape index (κ2) is 13.6. The van der Waals surface area contributed by atoms with E-state index in [0.717, 1.165) is 62.0 Å². The zero-order valence-corrected chi connectivity index (χ0v) is 21.0. The van der Waals surface area contributed by atoms with E-state index in [1.54, 1.807) is 0 Å². The highest BCUT2D eigenvalue weighted by Gasteiger charge is 2.23. The van der Waals surface area contributed by atoms with Gasteiger partial charge in [0.05, 0.1) is 12.2 Å². The van der Waals surface area contributed by atoms with Crippen LogP contribution in [0.5, 0.6) is 0 Å². The van der Waals surface area contributed by atoms with E-state index < -0.39 is 0 Å². The van der Waals surface area contributed by atoms with E-state index in [-0.39, 0.29) is 24.0 Å². The molecular weight excluding hydrogens is 487 g/mol. The minimum atomic E-state index is 0. The van der Waals surface area contributed by atoms with Crippen LogP contribution < -0.4 is 10.6 Å². The van der Waals surface area contributed by atoms with Crippen LogP contribution in [-0.4, -0.2) is 57.5 Å². The van der Waals surface area contributed by atoms with Crippen LogP contribution in [-0.2, 0) is 18.3 Å². The van der Waals surface area contributed by atoms with Crippen LogP contribution in [0.25, 0.3) is 0 Å². The van der Waals surface area contributed by atoms with E-state index >= 15 is 0 Å². The van der Waals surface area contributed by atoms with Crippen LogP contribution in [0.3, 0.4) is 0 Å². The lowest BCUT2D eigenvalue weighted by Crippen LogP contribution is -2.46. The summed E-state index contributed by atoms with van der Waals surface area (Å²) in [5.74, 6) is 3.82. The molecule has 0 unspecified atom stereocenters. The molecule has 162 valence electrons. The fraction of sp³-hybridized carbons (Fsp3) is 0.842. The van der Waals surface area contributed by atoms with Crippen LogP contribution in [0.1, 0.15) is 57.6 Å². The van der Waals surface area contributed by atoms with Crippen molar-refractivity contribution in [2.45, 2.75) is 77.7 Å². The molecule has 0 spiro atoms. The van der Waals surface area contributed by atoms with Crippen LogP contribution in [0.2, 0.25) is 0 Å². The largest absolute Gasteiger partial charge is 0.376 e. The van der Waals surface area contributed by atoms with Gasteiger partial charge in [0.25, 0.3) is 0 Å². The van der Waals surface area contributed by atoms with Crippen LogP contribution in [0, 0.1) is 6.92 Å². The predicted molar refractivity (Wildman–Crippen MR) is 129 cm³/mol. The summed E-state index contributed by atoms with van der Waals surface area (Å²) in [7, 11) is 1.98. The number of aromatic nitrogens is 3. The minimum absolute atomic E-state index is 0. The van der Waals surface area contributed by atoms with Gasteiger partial charge in [0.1, 0.15) is 12.4 Å². The number of hydrogen-bond donors (Lipinski definition) is 2. The SMILES string of the molecule is CSCCCNC(=NCc1nnc(C)n1C)NC1CCC(OC(C)C)CC1.I.